The van der Waals surface area contributed by atoms with Gasteiger partial charge in [-0.05, 0) is 0 Å². The number of hydrogen-bond acceptors (Lipinski definition) is 13. The molecule has 0 aromatic carbocycles. The van der Waals surface area contributed by atoms with Crippen molar-refractivity contribution in [2.45, 2.75) is 36.8 Å². The topological polar surface area (TPSA) is 235 Å². The molecule has 6 atom stereocenters. The van der Waals surface area contributed by atoms with Crippen molar-refractivity contribution < 1.29 is 62.9 Å². The molecule has 1 fully saturated rings. The summed E-state index contributed by atoms with van der Waals surface area (Å²) in [5.41, 5.74) is 0. The van der Waals surface area contributed by atoms with Gasteiger partial charge in [-0.15, -0.1) is 0 Å². The van der Waals surface area contributed by atoms with Gasteiger partial charge in [-0.25, -0.2) is 0 Å². The first-order chi connectivity index (χ1) is 9.82. The Bertz CT molecular complexity index is 457. The Morgan fingerprint density at radius 1 is 1.00 bits per heavy atom. The normalized spacial score (nSPS) is 35.4. The molecule has 0 bridgehead atoms. The number of hydrogen-bond donors (Lipinski definition) is 4. The predicted molar refractivity (Wildman–Crippen MR) is 54.9 cm³/mol. The lowest BCUT2D eigenvalue weighted by atomic mass is 9.96. The monoisotopic (exact) mass is 366 g/mol. The molecule has 1 rings (SSSR count). The first-order valence-corrected chi connectivity index (χ1v) is 8.49. The van der Waals surface area contributed by atoms with E-state index in [0.717, 1.165) is 0 Å². The van der Waals surface area contributed by atoms with Gasteiger partial charge in [0, 0.05) is 0 Å². The van der Waals surface area contributed by atoms with Crippen LogP contribution in [0.25, 0.3) is 0 Å². The van der Waals surface area contributed by atoms with Gasteiger partial charge in [0.15, 0.2) is 6.29 Å². The minimum Gasteiger partial charge on any atom is -0.790 e. The molecule has 1 aliphatic heterocycles. The van der Waals surface area contributed by atoms with E-state index < -0.39 is 59.1 Å². The molecular formula is C7H12O13P2-4. The fourth-order valence-electron chi connectivity index (χ4n) is 1.67. The van der Waals surface area contributed by atoms with E-state index >= 15 is 0 Å². The zero-order valence-electron chi connectivity index (χ0n) is 10.5. The van der Waals surface area contributed by atoms with Gasteiger partial charge in [-0.1, -0.05) is 0 Å². The van der Waals surface area contributed by atoms with Crippen LogP contribution in [0.15, 0.2) is 0 Å². The molecule has 1 saturated heterocycles. The van der Waals surface area contributed by atoms with E-state index in [1.54, 1.807) is 0 Å². The number of aliphatic hydroxyl groups is 4. The van der Waals surface area contributed by atoms with Crippen molar-refractivity contribution >= 4 is 15.6 Å². The van der Waals surface area contributed by atoms with Crippen LogP contribution in [-0.4, -0.2) is 63.8 Å². The van der Waals surface area contributed by atoms with E-state index in [4.69, 9.17) is 0 Å². The maximum absolute atomic E-state index is 10.5. The lowest BCUT2D eigenvalue weighted by molar-refractivity contribution is -0.371. The molecule has 0 saturated carbocycles. The predicted octanol–water partition coefficient (Wildman–Crippen LogP) is -6.15. The van der Waals surface area contributed by atoms with E-state index in [0.29, 0.717) is 0 Å². The fourth-order valence-corrected chi connectivity index (χ4v) is 2.43. The fraction of sp³-hybridized carbons (Fsp3) is 1.00. The summed E-state index contributed by atoms with van der Waals surface area (Å²) in [5, 5.41) is 38.0. The average Bonchev–Trinajstić information content (AvgIpc) is 2.34. The number of phosphoric ester groups is 2. The van der Waals surface area contributed by atoms with Gasteiger partial charge in [0.05, 0.1) is 22.3 Å². The molecule has 0 radical (unpaired) electrons. The van der Waals surface area contributed by atoms with Crippen molar-refractivity contribution in [3.8, 4) is 0 Å². The number of phosphoric acid groups is 2. The first kappa shape index (κ1) is 20.1. The molecule has 1 aliphatic rings. The summed E-state index contributed by atoms with van der Waals surface area (Å²) >= 11 is 0. The molecule has 4 N–H and O–H groups in total. The quantitative estimate of drug-likeness (QED) is 0.320. The van der Waals surface area contributed by atoms with Crippen LogP contribution >= 0.6 is 15.6 Å². The Hall–Kier alpha value is 0.0200. The second kappa shape index (κ2) is 7.28. The van der Waals surface area contributed by atoms with Gasteiger partial charge in [0.25, 0.3) is 0 Å². The third-order valence-corrected chi connectivity index (χ3v) is 3.55. The summed E-state index contributed by atoms with van der Waals surface area (Å²) in [6.45, 7) is -1.19. The van der Waals surface area contributed by atoms with Gasteiger partial charge in [-0.2, -0.15) is 0 Å². The summed E-state index contributed by atoms with van der Waals surface area (Å²) in [5.74, 6) is 0. The molecule has 0 aromatic heterocycles. The Balaban J connectivity index is 2.80. The molecule has 0 aromatic rings. The van der Waals surface area contributed by atoms with Gasteiger partial charge in [-0.3, -0.25) is 0 Å². The van der Waals surface area contributed by atoms with Crippen LogP contribution in [0, 0.1) is 0 Å². The Morgan fingerprint density at radius 3 is 2.00 bits per heavy atom. The van der Waals surface area contributed by atoms with Crippen LogP contribution in [0.5, 0.6) is 0 Å². The van der Waals surface area contributed by atoms with Gasteiger partial charge in [0.2, 0.25) is 0 Å². The summed E-state index contributed by atoms with van der Waals surface area (Å²) in [6.07, 6.45) is -12.5. The van der Waals surface area contributed by atoms with Gasteiger partial charge in [0.1, 0.15) is 30.5 Å². The average molecular weight is 366 g/mol. The molecular weight excluding hydrogens is 354 g/mol. The summed E-state index contributed by atoms with van der Waals surface area (Å²) < 4.78 is 32.9. The lowest BCUT2D eigenvalue weighted by Crippen LogP contribution is -2.61. The van der Waals surface area contributed by atoms with Crippen molar-refractivity contribution in [3.63, 3.8) is 0 Å². The van der Waals surface area contributed by atoms with E-state index in [-0.39, 0.29) is 0 Å². The van der Waals surface area contributed by atoms with Crippen molar-refractivity contribution in [3.05, 3.63) is 0 Å². The summed E-state index contributed by atoms with van der Waals surface area (Å²) in [6, 6.07) is 0. The van der Waals surface area contributed by atoms with E-state index in [9.17, 15) is 49.1 Å². The number of aliphatic hydroxyl groups excluding tert-OH is 4. The van der Waals surface area contributed by atoms with Crippen LogP contribution in [0.4, 0.5) is 0 Å². The minimum atomic E-state index is -5.65. The second-order valence-corrected chi connectivity index (χ2v) is 6.56. The molecule has 15 heteroatoms. The second-order valence-electron chi connectivity index (χ2n) is 4.30. The minimum absolute atomic E-state index is 1.19. The maximum Gasteiger partial charge on any atom is 0.191 e. The molecule has 0 amide bonds. The molecule has 13 nitrogen and oxygen atoms in total. The van der Waals surface area contributed by atoms with Crippen LogP contribution in [-0.2, 0) is 22.9 Å². The molecule has 1 heterocycles. The van der Waals surface area contributed by atoms with Crippen molar-refractivity contribution in [2.75, 3.05) is 6.61 Å². The zero-order chi connectivity index (χ0) is 17.3. The first-order valence-electron chi connectivity index (χ1n) is 5.56. The van der Waals surface area contributed by atoms with Crippen LogP contribution in [0.2, 0.25) is 0 Å². The number of rotatable bonds is 6. The highest BCUT2D eigenvalue weighted by molar-refractivity contribution is 7.43. The van der Waals surface area contributed by atoms with Crippen LogP contribution in [0.3, 0.4) is 0 Å². The lowest BCUT2D eigenvalue weighted by Gasteiger charge is -2.45. The highest BCUT2D eigenvalue weighted by Crippen LogP contribution is 2.34. The van der Waals surface area contributed by atoms with E-state index in [1.807, 2.05) is 0 Å². The molecule has 0 spiro atoms. The molecule has 22 heavy (non-hydrogen) atoms. The molecule has 0 unspecified atom stereocenters. The molecule has 0 aliphatic carbocycles. The summed E-state index contributed by atoms with van der Waals surface area (Å²) in [4.78, 5) is 41.5. The van der Waals surface area contributed by atoms with Crippen molar-refractivity contribution in [1.82, 2.24) is 0 Å². The SMILES string of the molecule is O=P([O-])([O-])OC[C@@H](O)[C@H]1O[C@@H](OP(=O)([O-])[O-])[C@@H](O)[C@@H](O)[C@@H]1O. The highest BCUT2D eigenvalue weighted by atomic mass is 31.2. The third kappa shape index (κ3) is 5.91. The number of ether oxygens (including phenoxy) is 1. The maximum atomic E-state index is 10.5. The molecule has 132 valence electrons. The zero-order valence-corrected chi connectivity index (χ0v) is 12.3. The van der Waals surface area contributed by atoms with E-state index in [2.05, 4.69) is 13.8 Å². The van der Waals surface area contributed by atoms with Crippen molar-refractivity contribution in [1.29, 1.82) is 0 Å². The Morgan fingerprint density at radius 2 is 1.55 bits per heavy atom. The Kier molecular flexibility index (Phi) is 6.64. The standard InChI is InChI=1S/C7H16O13P2/c8-2(1-18-21(12,13)14)6-4(10)3(9)5(11)7(19-6)20-22(15,16)17/h2-11H,1H2,(H2,12,13,14)(H2,15,16,17)/p-4/t2-,3+,4+,5+,6-,7+/m1/s1. The smallest absolute Gasteiger partial charge is 0.191 e. The van der Waals surface area contributed by atoms with Gasteiger partial charge < -0.3 is 62.9 Å². The van der Waals surface area contributed by atoms with Crippen molar-refractivity contribution in [2.24, 2.45) is 0 Å². The largest absolute Gasteiger partial charge is 0.790 e. The third-order valence-electron chi connectivity index (χ3n) is 2.62. The Labute approximate surface area is 123 Å². The summed E-state index contributed by atoms with van der Waals surface area (Å²) in [7, 11) is -11.1. The van der Waals surface area contributed by atoms with Crippen LogP contribution in [0.1, 0.15) is 0 Å². The van der Waals surface area contributed by atoms with Crippen LogP contribution < -0.4 is 19.6 Å². The van der Waals surface area contributed by atoms with E-state index in [1.165, 1.54) is 0 Å². The highest BCUT2D eigenvalue weighted by Gasteiger charge is 2.47. The van der Waals surface area contributed by atoms with Gasteiger partial charge >= 0.3 is 0 Å².